The largest absolute Gasteiger partial charge is 0.364 e. The van der Waals surface area contributed by atoms with Crippen LogP contribution < -0.4 is 5.32 Å². The predicted molar refractivity (Wildman–Crippen MR) is 84.2 cm³/mol. The Kier molecular flexibility index (Phi) is 6.20. The number of anilines is 1. The lowest BCUT2D eigenvalue weighted by molar-refractivity contribution is 0.465. The van der Waals surface area contributed by atoms with Crippen LogP contribution in [0.3, 0.4) is 0 Å². The molecule has 0 atom stereocenters. The molecule has 5 nitrogen and oxygen atoms in total. The molecule has 0 aromatic carbocycles. The zero-order valence-electron chi connectivity index (χ0n) is 12.9. The van der Waals surface area contributed by atoms with Crippen LogP contribution in [0.2, 0.25) is 0 Å². The van der Waals surface area contributed by atoms with E-state index >= 15 is 0 Å². The van der Waals surface area contributed by atoms with Gasteiger partial charge in [-0.05, 0) is 19.8 Å². The molecule has 0 aliphatic heterocycles. The summed E-state index contributed by atoms with van der Waals surface area (Å²) in [5, 5.41) is 11.6. The molecule has 21 heavy (non-hydrogen) atoms. The lowest BCUT2D eigenvalue weighted by atomic mass is 10.2. The molecule has 0 spiro atoms. The topological polar surface area (TPSA) is 47.7 Å². The van der Waals surface area contributed by atoms with Gasteiger partial charge >= 0.3 is 0 Å². The maximum atomic E-state index is 13.8. The second kappa shape index (κ2) is 7.45. The molecular formula is C14H23ClFN5. The first kappa shape index (κ1) is 17.5. The molecule has 0 radical (unpaired) electrons. The Morgan fingerprint density at radius 1 is 1.33 bits per heavy atom. The Morgan fingerprint density at radius 3 is 2.62 bits per heavy atom. The van der Waals surface area contributed by atoms with E-state index in [9.17, 15) is 4.39 Å². The molecule has 0 fully saturated rings. The highest BCUT2D eigenvalue weighted by molar-refractivity contribution is 5.85. The standard InChI is InChI=1S/C14H22FN5.ClH/c1-5-19-14(15)12(8-17-19)7-16-13-6-11(4)20(18-13)9-10(2)3;/h6,8,10H,5,7,9H2,1-4H3,(H,16,18);1H. The number of hydrogen-bond donors (Lipinski definition) is 1. The highest BCUT2D eigenvalue weighted by atomic mass is 35.5. The van der Waals surface area contributed by atoms with Crippen molar-refractivity contribution in [2.24, 2.45) is 5.92 Å². The van der Waals surface area contributed by atoms with Crippen molar-refractivity contribution in [1.29, 1.82) is 0 Å². The smallest absolute Gasteiger partial charge is 0.216 e. The van der Waals surface area contributed by atoms with Crippen molar-refractivity contribution in [2.75, 3.05) is 5.32 Å². The number of hydrogen-bond acceptors (Lipinski definition) is 3. The molecule has 2 aromatic rings. The van der Waals surface area contributed by atoms with E-state index in [4.69, 9.17) is 0 Å². The molecule has 0 unspecified atom stereocenters. The van der Waals surface area contributed by atoms with E-state index < -0.39 is 0 Å². The molecule has 0 aliphatic rings. The Morgan fingerprint density at radius 2 is 2.05 bits per heavy atom. The summed E-state index contributed by atoms with van der Waals surface area (Å²) in [5.74, 6) is 1.03. The van der Waals surface area contributed by atoms with Crippen LogP contribution in [-0.4, -0.2) is 19.6 Å². The predicted octanol–water partition coefficient (Wildman–Crippen LogP) is 3.24. The quantitative estimate of drug-likeness (QED) is 0.890. The van der Waals surface area contributed by atoms with Crippen molar-refractivity contribution >= 4 is 18.2 Å². The molecule has 1 N–H and O–H groups in total. The molecule has 2 rings (SSSR count). The number of rotatable bonds is 6. The van der Waals surface area contributed by atoms with E-state index in [1.54, 1.807) is 6.20 Å². The molecule has 2 aromatic heterocycles. The van der Waals surface area contributed by atoms with Gasteiger partial charge in [0.25, 0.3) is 0 Å². The summed E-state index contributed by atoms with van der Waals surface area (Å²) in [4.78, 5) is 0. The Labute approximate surface area is 130 Å². The number of aromatic nitrogens is 4. The van der Waals surface area contributed by atoms with Gasteiger partial charge in [0.2, 0.25) is 5.95 Å². The first-order valence-corrected chi connectivity index (χ1v) is 6.99. The average Bonchev–Trinajstić information content (AvgIpc) is 2.90. The van der Waals surface area contributed by atoms with E-state index in [0.29, 0.717) is 24.6 Å². The lowest BCUT2D eigenvalue weighted by Gasteiger charge is -2.06. The van der Waals surface area contributed by atoms with E-state index in [1.165, 1.54) is 4.68 Å². The fourth-order valence-corrected chi connectivity index (χ4v) is 2.06. The summed E-state index contributed by atoms with van der Waals surface area (Å²) in [6.45, 7) is 10.0. The Balaban J connectivity index is 0.00000220. The summed E-state index contributed by atoms with van der Waals surface area (Å²) in [7, 11) is 0. The normalized spacial score (nSPS) is 10.8. The third kappa shape index (κ3) is 4.20. The van der Waals surface area contributed by atoms with Gasteiger partial charge in [0, 0.05) is 37.0 Å². The molecule has 0 aliphatic carbocycles. The monoisotopic (exact) mass is 315 g/mol. The van der Waals surface area contributed by atoms with Crippen molar-refractivity contribution < 1.29 is 4.39 Å². The van der Waals surface area contributed by atoms with Gasteiger partial charge < -0.3 is 5.32 Å². The summed E-state index contributed by atoms with van der Waals surface area (Å²) in [6.07, 6.45) is 1.56. The summed E-state index contributed by atoms with van der Waals surface area (Å²) >= 11 is 0. The Bertz CT molecular complexity index is 576. The van der Waals surface area contributed by atoms with Crippen molar-refractivity contribution in [3.8, 4) is 0 Å². The van der Waals surface area contributed by atoms with Gasteiger partial charge in [-0.25, -0.2) is 4.68 Å². The average molecular weight is 316 g/mol. The van der Waals surface area contributed by atoms with Gasteiger partial charge in [-0.1, -0.05) is 13.8 Å². The molecule has 0 bridgehead atoms. The number of nitrogens with zero attached hydrogens (tertiary/aromatic N) is 4. The van der Waals surface area contributed by atoms with Crippen molar-refractivity contribution in [2.45, 2.75) is 47.3 Å². The van der Waals surface area contributed by atoms with Gasteiger partial charge in [0.05, 0.1) is 6.20 Å². The molecule has 2 heterocycles. The zero-order valence-corrected chi connectivity index (χ0v) is 13.7. The van der Waals surface area contributed by atoms with Crippen LogP contribution >= 0.6 is 12.4 Å². The lowest BCUT2D eigenvalue weighted by Crippen LogP contribution is -2.08. The molecule has 118 valence electrons. The number of nitrogens with one attached hydrogen (secondary N) is 1. The molecular weight excluding hydrogens is 293 g/mol. The van der Waals surface area contributed by atoms with Crippen molar-refractivity contribution in [3.05, 3.63) is 29.5 Å². The van der Waals surface area contributed by atoms with Gasteiger partial charge in [-0.15, -0.1) is 12.4 Å². The number of aryl methyl sites for hydroxylation is 2. The summed E-state index contributed by atoms with van der Waals surface area (Å²) in [6, 6.07) is 1.98. The van der Waals surface area contributed by atoms with Crippen LogP contribution in [0.15, 0.2) is 12.3 Å². The molecule has 7 heteroatoms. The van der Waals surface area contributed by atoms with E-state index in [-0.39, 0.29) is 18.4 Å². The molecule has 0 saturated heterocycles. The van der Waals surface area contributed by atoms with Crippen LogP contribution in [0.1, 0.15) is 32.0 Å². The number of halogens is 2. The van der Waals surface area contributed by atoms with Gasteiger partial charge in [0.1, 0.15) is 5.82 Å². The van der Waals surface area contributed by atoms with Crippen LogP contribution in [0, 0.1) is 18.8 Å². The van der Waals surface area contributed by atoms with Gasteiger partial charge in [0.15, 0.2) is 0 Å². The van der Waals surface area contributed by atoms with Gasteiger partial charge in [-0.2, -0.15) is 14.6 Å². The minimum atomic E-state index is -0.279. The van der Waals surface area contributed by atoms with E-state index in [1.807, 2.05) is 24.6 Å². The first-order chi connectivity index (χ1) is 9.51. The minimum absolute atomic E-state index is 0. The van der Waals surface area contributed by atoms with Crippen molar-refractivity contribution in [3.63, 3.8) is 0 Å². The minimum Gasteiger partial charge on any atom is -0.364 e. The van der Waals surface area contributed by atoms with Gasteiger partial charge in [-0.3, -0.25) is 4.68 Å². The second-order valence-electron chi connectivity index (χ2n) is 5.38. The molecule has 0 amide bonds. The second-order valence-corrected chi connectivity index (χ2v) is 5.38. The fraction of sp³-hybridized carbons (Fsp3) is 0.571. The summed E-state index contributed by atoms with van der Waals surface area (Å²) < 4.78 is 17.1. The third-order valence-corrected chi connectivity index (χ3v) is 3.12. The zero-order chi connectivity index (χ0) is 14.7. The maximum Gasteiger partial charge on any atom is 0.216 e. The van der Waals surface area contributed by atoms with Crippen molar-refractivity contribution in [1.82, 2.24) is 19.6 Å². The fourth-order valence-electron chi connectivity index (χ4n) is 2.06. The van der Waals surface area contributed by atoms with Crippen LogP contribution in [-0.2, 0) is 19.6 Å². The molecule has 0 saturated carbocycles. The first-order valence-electron chi connectivity index (χ1n) is 6.99. The van der Waals surface area contributed by atoms with E-state index in [2.05, 4.69) is 29.4 Å². The Hall–Kier alpha value is -1.56. The highest BCUT2D eigenvalue weighted by Gasteiger charge is 2.10. The van der Waals surface area contributed by atoms with Crippen LogP contribution in [0.4, 0.5) is 10.2 Å². The van der Waals surface area contributed by atoms with Crippen LogP contribution in [0.5, 0.6) is 0 Å². The van der Waals surface area contributed by atoms with Crippen LogP contribution in [0.25, 0.3) is 0 Å². The third-order valence-electron chi connectivity index (χ3n) is 3.12. The summed E-state index contributed by atoms with van der Waals surface area (Å²) in [5.41, 5.74) is 1.66. The highest BCUT2D eigenvalue weighted by Crippen LogP contribution is 2.13. The maximum absolute atomic E-state index is 13.8. The SMILES string of the molecule is CCn1ncc(CNc2cc(C)n(CC(C)C)n2)c1F.Cl. The van der Waals surface area contributed by atoms with E-state index in [0.717, 1.165) is 18.1 Å².